The van der Waals surface area contributed by atoms with Crippen molar-refractivity contribution in [2.75, 3.05) is 6.61 Å². The fourth-order valence-corrected chi connectivity index (χ4v) is 1.83. The minimum atomic E-state index is -0.270. The summed E-state index contributed by atoms with van der Waals surface area (Å²) in [5, 5.41) is 12.7. The van der Waals surface area contributed by atoms with Crippen LogP contribution in [0.15, 0.2) is 42.1 Å². The predicted octanol–water partition coefficient (Wildman–Crippen LogP) is 1.49. The lowest BCUT2D eigenvalue weighted by molar-refractivity contribution is 0.333. The van der Waals surface area contributed by atoms with E-state index in [1.165, 1.54) is 0 Å². The lowest BCUT2D eigenvalue weighted by Crippen LogP contribution is -2.37. The molecule has 1 unspecified atom stereocenters. The molecule has 1 heterocycles. The molecule has 1 aromatic rings. The van der Waals surface area contributed by atoms with Gasteiger partial charge in [0.05, 0.1) is 6.61 Å². The number of hydrogen-bond acceptors (Lipinski definition) is 3. The van der Waals surface area contributed by atoms with E-state index in [4.69, 9.17) is 22.4 Å². The van der Waals surface area contributed by atoms with Crippen LogP contribution in [0.25, 0.3) is 5.57 Å². The Balaban J connectivity index is 2.38. The quantitative estimate of drug-likeness (QED) is 0.729. The highest BCUT2D eigenvalue weighted by atomic mass is 35.5. The average molecular weight is 237 g/mol. The van der Waals surface area contributed by atoms with Crippen LogP contribution in [-0.4, -0.2) is 17.9 Å². The predicted molar refractivity (Wildman–Crippen MR) is 65.7 cm³/mol. The van der Waals surface area contributed by atoms with Crippen molar-refractivity contribution in [1.29, 1.82) is 0 Å². The van der Waals surface area contributed by atoms with E-state index in [1.54, 1.807) is 6.20 Å². The Morgan fingerprint density at radius 1 is 1.44 bits per heavy atom. The lowest BCUT2D eigenvalue weighted by atomic mass is 9.99. The molecular weight excluding hydrogens is 224 g/mol. The highest BCUT2D eigenvalue weighted by Crippen LogP contribution is 2.23. The molecule has 0 amide bonds. The van der Waals surface area contributed by atoms with Gasteiger partial charge in [-0.05, 0) is 34.9 Å². The Bertz CT molecular complexity index is 454. The molecule has 16 heavy (non-hydrogen) atoms. The van der Waals surface area contributed by atoms with E-state index in [0.29, 0.717) is 5.02 Å². The van der Waals surface area contributed by atoms with Gasteiger partial charge in [-0.1, -0.05) is 23.7 Å². The zero-order valence-corrected chi connectivity index (χ0v) is 9.41. The molecule has 0 fully saturated rings. The summed E-state index contributed by atoms with van der Waals surface area (Å²) in [5.41, 5.74) is 8.62. The van der Waals surface area contributed by atoms with Gasteiger partial charge < -0.3 is 16.2 Å². The summed E-state index contributed by atoms with van der Waals surface area (Å²) < 4.78 is 0. The van der Waals surface area contributed by atoms with Crippen molar-refractivity contribution in [3.05, 3.63) is 52.7 Å². The van der Waals surface area contributed by atoms with E-state index < -0.39 is 0 Å². The van der Waals surface area contributed by atoms with Gasteiger partial charge in [0.2, 0.25) is 0 Å². The maximum Gasteiger partial charge on any atom is 0.101 e. The Labute approximate surface area is 99.2 Å². The number of benzene rings is 1. The van der Waals surface area contributed by atoms with E-state index in [2.05, 4.69) is 5.32 Å². The first-order valence-electron chi connectivity index (χ1n) is 5.00. The lowest BCUT2D eigenvalue weighted by Gasteiger charge is -2.22. The maximum absolute atomic E-state index is 9.08. The van der Waals surface area contributed by atoms with Gasteiger partial charge in [-0.15, -0.1) is 0 Å². The van der Waals surface area contributed by atoms with E-state index in [-0.39, 0.29) is 12.8 Å². The second-order valence-corrected chi connectivity index (χ2v) is 4.07. The summed E-state index contributed by atoms with van der Waals surface area (Å²) in [7, 11) is 0. The number of hydrogen-bond donors (Lipinski definition) is 3. The van der Waals surface area contributed by atoms with Gasteiger partial charge in [-0.3, -0.25) is 0 Å². The summed E-state index contributed by atoms with van der Waals surface area (Å²) >= 11 is 5.93. The molecular formula is C12H13ClN2O. The number of nitrogens with two attached hydrogens (primary N) is 1. The summed E-state index contributed by atoms with van der Waals surface area (Å²) in [6.45, 7) is -0.0101. The van der Waals surface area contributed by atoms with Crippen LogP contribution in [0.4, 0.5) is 0 Å². The number of dihydropyridines is 1. The van der Waals surface area contributed by atoms with Crippen molar-refractivity contribution >= 4 is 17.2 Å². The smallest absolute Gasteiger partial charge is 0.101 e. The van der Waals surface area contributed by atoms with Crippen LogP contribution in [0, 0.1) is 0 Å². The molecule has 4 N–H and O–H groups in total. The monoisotopic (exact) mass is 236 g/mol. The van der Waals surface area contributed by atoms with Crippen LogP contribution in [-0.2, 0) is 0 Å². The first-order chi connectivity index (χ1) is 7.70. The van der Waals surface area contributed by atoms with E-state index in [9.17, 15) is 0 Å². The Morgan fingerprint density at radius 2 is 2.25 bits per heavy atom. The van der Waals surface area contributed by atoms with E-state index in [1.807, 2.05) is 30.3 Å². The summed E-state index contributed by atoms with van der Waals surface area (Å²) in [5.74, 6) is 0. The van der Waals surface area contributed by atoms with Crippen LogP contribution < -0.4 is 11.1 Å². The standard InChI is InChI=1S/C12H13ClN2O/c13-10-3-1-2-9(5-10)11-4-8(7-16)6-15-12(11)14/h1-6,12,15-16H,7,14H2. The van der Waals surface area contributed by atoms with Crippen molar-refractivity contribution in [3.8, 4) is 0 Å². The molecule has 0 saturated heterocycles. The minimum Gasteiger partial charge on any atom is -0.392 e. The van der Waals surface area contributed by atoms with E-state index >= 15 is 0 Å². The zero-order chi connectivity index (χ0) is 11.5. The van der Waals surface area contributed by atoms with Gasteiger partial charge in [-0.2, -0.15) is 0 Å². The Morgan fingerprint density at radius 3 is 2.94 bits per heavy atom. The highest BCUT2D eigenvalue weighted by molar-refractivity contribution is 6.30. The SMILES string of the molecule is NC1NC=C(CO)C=C1c1cccc(Cl)c1. The molecule has 0 bridgehead atoms. The van der Waals surface area contributed by atoms with Crippen molar-refractivity contribution in [1.82, 2.24) is 5.32 Å². The second kappa shape index (κ2) is 4.70. The molecule has 1 aromatic carbocycles. The number of halogens is 1. The molecule has 0 spiro atoms. The van der Waals surface area contributed by atoms with Crippen molar-refractivity contribution in [2.24, 2.45) is 5.73 Å². The third-order valence-electron chi connectivity index (χ3n) is 2.46. The van der Waals surface area contributed by atoms with Gasteiger partial charge in [0.15, 0.2) is 0 Å². The zero-order valence-electron chi connectivity index (χ0n) is 8.65. The van der Waals surface area contributed by atoms with E-state index in [0.717, 1.165) is 16.7 Å². The normalized spacial score (nSPS) is 19.8. The summed E-state index contributed by atoms with van der Waals surface area (Å²) in [6, 6.07) is 7.49. The molecule has 1 aliphatic rings. The summed E-state index contributed by atoms with van der Waals surface area (Å²) in [4.78, 5) is 0. The molecule has 2 rings (SSSR count). The number of nitrogens with one attached hydrogen (secondary N) is 1. The van der Waals surface area contributed by atoms with Crippen LogP contribution in [0.2, 0.25) is 5.02 Å². The van der Waals surface area contributed by atoms with Crippen LogP contribution in [0.1, 0.15) is 5.56 Å². The van der Waals surface area contributed by atoms with Gasteiger partial charge >= 0.3 is 0 Å². The molecule has 0 aliphatic carbocycles. The highest BCUT2D eigenvalue weighted by Gasteiger charge is 2.14. The molecule has 84 valence electrons. The largest absolute Gasteiger partial charge is 0.392 e. The Hall–Kier alpha value is -1.29. The third-order valence-corrected chi connectivity index (χ3v) is 2.70. The fraction of sp³-hybridized carbons (Fsp3) is 0.167. The summed E-state index contributed by atoms with van der Waals surface area (Å²) in [6.07, 6.45) is 3.33. The minimum absolute atomic E-state index is 0.0101. The molecule has 0 aromatic heterocycles. The first kappa shape index (κ1) is 11.2. The molecule has 0 saturated carbocycles. The van der Waals surface area contributed by atoms with Gasteiger partial charge in [0, 0.05) is 11.2 Å². The van der Waals surface area contributed by atoms with Crippen LogP contribution >= 0.6 is 11.6 Å². The van der Waals surface area contributed by atoms with Crippen molar-refractivity contribution in [2.45, 2.75) is 6.17 Å². The molecule has 3 nitrogen and oxygen atoms in total. The van der Waals surface area contributed by atoms with Crippen molar-refractivity contribution < 1.29 is 5.11 Å². The maximum atomic E-state index is 9.08. The number of aliphatic hydroxyl groups is 1. The van der Waals surface area contributed by atoms with Crippen LogP contribution in [0.5, 0.6) is 0 Å². The van der Waals surface area contributed by atoms with Crippen LogP contribution in [0.3, 0.4) is 0 Å². The topological polar surface area (TPSA) is 58.3 Å². The molecule has 0 radical (unpaired) electrons. The van der Waals surface area contributed by atoms with Gasteiger partial charge in [-0.25, -0.2) is 0 Å². The number of aliphatic hydroxyl groups excluding tert-OH is 1. The third kappa shape index (κ3) is 2.27. The molecule has 1 atom stereocenters. The average Bonchev–Trinajstić information content (AvgIpc) is 2.30. The van der Waals surface area contributed by atoms with Crippen molar-refractivity contribution in [3.63, 3.8) is 0 Å². The van der Waals surface area contributed by atoms with Gasteiger partial charge in [0.25, 0.3) is 0 Å². The Kier molecular flexibility index (Phi) is 3.29. The molecule has 1 aliphatic heterocycles. The number of rotatable bonds is 2. The molecule has 4 heteroatoms. The second-order valence-electron chi connectivity index (χ2n) is 3.63. The van der Waals surface area contributed by atoms with Gasteiger partial charge in [0.1, 0.15) is 6.17 Å². The first-order valence-corrected chi connectivity index (χ1v) is 5.37. The fourth-order valence-electron chi connectivity index (χ4n) is 1.64.